The largest absolute Gasteiger partial charge is 0.253 e. The summed E-state index contributed by atoms with van der Waals surface area (Å²) in [6.07, 6.45) is 3.49. The van der Waals surface area contributed by atoms with Crippen molar-refractivity contribution in [2.45, 2.75) is 13.8 Å². The van der Waals surface area contributed by atoms with Crippen LogP contribution in [0.3, 0.4) is 0 Å². The van der Waals surface area contributed by atoms with Gasteiger partial charge in [-0.05, 0) is 41.8 Å². The second-order valence-corrected chi connectivity index (χ2v) is 4.10. The van der Waals surface area contributed by atoms with Crippen LogP contribution in [0.4, 0.5) is 0 Å². The van der Waals surface area contributed by atoms with Crippen molar-refractivity contribution in [1.82, 2.24) is 9.97 Å². The highest BCUT2D eigenvalue weighted by molar-refractivity contribution is 6.00. The van der Waals surface area contributed by atoms with E-state index < -0.39 is 0 Å². The standard InChI is InChI=1S/C14H12N2/c1-9-4-3-5-11-10(2)14-13(8-12(9)11)15-6-7-16-14/h3-8H,1-2H3. The third kappa shape index (κ3) is 1.20. The summed E-state index contributed by atoms with van der Waals surface area (Å²) >= 11 is 0. The Morgan fingerprint density at radius 1 is 0.938 bits per heavy atom. The van der Waals surface area contributed by atoms with Crippen molar-refractivity contribution in [3.8, 4) is 0 Å². The fourth-order valence-corrected chi connectivity index (χ4v) is 2.21. The number of hydrogen-bond donors (Lipinski definition) is 0. The lowest BCUT2D eigenvalue weighted by molar-refractivity contribution is 1.28. The Morgan fingerprint density at radius 2 is 1.75 bits per heavy atom. The van der Waals surface area contributed by atoms with Gasteiger partial charge in [0.05, 0.1) is 11.0 Å². The molecule has 2 aromatic carbocycles. The minimum absolute atomic E-state index is 0.974. The summed E-state index contributed by atoms with van der Waals surface area (Å²) in [5, 5.41) is 2.54. The molecule has 78 valence electrons. The first-order valence-corrected chi connectivity index (χ1v) is 5.37. The summed E-state index contributed by atoms with van der Waals surface area (Å²) in [5.41, 5.74) is 4.47. The molecule has 2 nitrogen and oxygen atoms in total. The normalized spacial score (nSPS) is 11.1. The van der Waals surface area contributed by atoms with Crippen LogP contribution in [0.25, 0.3) is 21.8 Å². The summed E-state index contributed by atoms with van der Waals surface area (Å²) < 4.78 is 0. The van der Waals surface area contributed by atoms with Gasteiger partial charge in [-0.1, -0.05) is 18.2 Å². The SMILES string of the molecule is Cc1cccc2c(C)c3nccnc3cc12. The van der Waals surface area contributed by atoms with Gasteiger partial charge in [0, 0.05) is 12.4 Å². The number of rotatable bonds is 0. The maximum Gasteiger partial charge on any atom is 0.0922 e. The lowest BCUT2D eigenvalue weighted by Crippen LogP contribution is -1.89. The maximum atomic E-state index is 4.40. The third-order valence-electron chi connectivity index (χ3n) is 3.09. The summed E-state index contributed by atoms with van der Waals surface area (Å²) in [6, 6.07) is 8.49. The van der Waals surface area contributed by atoms with Crippen molar-refractivity contribution in [3.05, 3.63) is 47.8 Å². The fraction of sp³-hybridized carbons (Fsp3) is 0.143. The Morgan fingerprint density at radius 3 is 2.62 bits per heavy atom. The van der Waals surface area contributed by atoms with Gasteiger partial charge in [0.15, 0.2) is 0 Å². The highest BCUT2D eigenvalue weighted by atomic mass is 14.8. The van der Waals surface area contributed by atoms with Gasteiger partial charge in [0.2, 0.25) is 0 Å². The molecule has 0 atom stereocenters. The van der Waals surface area contributed by atoms with Crippen molar-refractivity contribution < 1.29 is 0 Å². The zero-order valence-electron chi connectivity index (χ0n) is 9.36. The molecule has 0 fully saturated rings. The molecule has 1 aromatic heterocycles. The molecule has 0 aliphatic heterocycles. The molecule has 0 aliphatic rings. The van der Waals surface area contributed by atoms with Crippen molar-refractivity contribution in [2.24, 2.45) is 0 Å². The summed E-state index contributed by atoms with van der Waals surface area (Å²) in [6.45, 7) is 4.24. The van der Waals surface area contributed by atoms with Gasteiger partial charge in [-0.15, -0.1) is 0 Å². The monoisotopic (exact) mass is 208 g/mol. The van der Waals surface area contributed by atoms with E-state index in [1.807, 2.05) is 0 Å². The van der Waals surface area contributed by atoms with E-state index in [1.54, 1.807) is 12.4 Å². The van der Waals surface area contributed by atoms with Gasteiger partial charge >= 0.3 is 0 Å². The molecule has 16 heavy (non-hydrogen) atoms. The topological polar surface area (TPSA) is 25.8 Å². The highest BCUT2D eigenvalue weighted by Gasteiger charge is 2.06. The molecule has 0 saturated carbocycles. The summed E-state index contributed by atoms with van der Waals surface area (Å²) in [5.74, 6) is 0. The van der Waals surface area contributed by atoms with E-state index in [0.717, 1.165) is 11.0 Å². The Bertz CT molecular complexity index is 687. The van der Waals surface area contributed by atoms with Gasteiger partial charge < -0.3 is 0 Å². The van der Waals surface area contributed by atoms with Crippen molar-refractivity contribution in [1.29, 1.82) is 0 Å². The van der Waals surface area contributed by atoms with E-state index >= 15 is 0 Å². The molecule has 2 heteroatoms. The van der Waals surface area contributed by atoms with E-state index in [4.69, 9.17) is 0 Å². The Balaban J connectivity index is 2.61. The maximum absolute atomic E-state index is 4.40. The predicted octanol–water partition coefficient (Wildman–Crippen LogP) is 3.40. The van der Waals surface area contributed by atoms with Crippen molar-refractivity contribution in [3.63, 3.8) is 0 Å². The molecule has 1 heterocycles. The minimum Gasteiger partial charge on any atom is -0.253 e. The fourth-order valence-electron chi connectivity index (χ4n) is 2.21. The molecule has 0 aliphatic carbocycles. The molecular formula is C14H12N2. The molecule has 0 N–H and O–H groups in total. The molecule has 3 rings (SSSR count). The second kappa shape index (κ2) is 3.27. The zero-order chi connectivity index (χ0) is 11.1. The van der Waals surface area contributed by atoms with E-state index in [9.17, 15) is 0 Å². The second-order valence-electron chi connectivity index (χ2n) is 4.10. The van der Waals surface area contributed by atoms with Gasteiger partial charge in [-0.25, -0.2) is 0 Å². The lowest BCUT2D eigenvalue weighted by atomic mass is 10.00. The average Bonchev–Trinajstić information content (AvgIpc) is 2.31. The van der Waals surface area contributed by atoms with Crippen LogP contribution in [0.2, 0.25) is 0 Å². The van der Waals surface area contributed by atoms with Crippen LogP contribution in [0.15, 0.2) is 36.7 Å². The number of hydrogen-bond acceptors (Lipinski definition) is 2. The Kier molecular flexibility index (Phi) is 1.90. The van der Waals surface area contributed by atoms with Crippen LogP contribution >= 0.6 is 0 Å². The van der Waals surface area contributed by atoms with Gasteiger partial charge in [0.1, 0.15) is 0 Å². The first-order chi connectivity index (χ1) is 7.77. The van der Waals surface area contributed by atoms with Crippen molar-refractivity contribution >= 4 is 21.8 Å². The predicted molar refractivity (Wildman–Crippen MR) is 66.5 cm³/mol. The Labute approximate surface area is 94.0 Å². The minimum atomic E-state index is 0.974. The van der Waals surface area contributed by atoms with E-state index in [2.05, 4.69) is 48.1 Å². The molecular weight excluding hydrogens is 196 g/mol. The van der Waals surface area contributed by atoms with Crippen molar-refractivity contribution in [2.75, 3.05) is 0 Å². The molecule has 0 amide bonds. The molecule has 0 unspecified atom stereocenters. The van der Waals surface area contributed by atoms with Gasteiger partial charge in [-0.3, -0.25) is 9.97 Å². The molecule has 0 bridgehead atoms. The first kappa shape index (κ1) is 9.28. The van der Waals surface area contributed by atoms with Crippen LogP contribution in [0, 0.1) is 13.8 Å². The van der Waals surface area contributed by atoms with Crippen LogP contribution in [-0.2, 0) is 0 Å². The highest BCUT2D eigenvalue weighted by Crippen LogP contribution is 2.27. The van der Waals surface area contributed by atoms with Crippen LogP contribution in [0.1, 0.15) is 11.1 Å². The molecule has 0 saturated heterocycles. The zero-order valence-corrected chi connectivity index (χ0v) is 9.36. The van der Waals surface area contributed by atoms with Gasteiger partial charge in [-0.2, -0.15) is 0 Å². The van der Waals surface area contributed by atoms with E-state index in [-0.39, 0.29) is 0 Å². The lowest BCUT2D eigenvalue weighted by Gasteiger charge is -2.07. The number of nitrogens with zero attached hydrogens (tertiary/aromatic N) is 2. The number of aryl methyl sites for hydroxylation is 2. The first-order valence-electron chi connectivity index (χ1n) is 5.37. The smallest absolute Gasteiger partial charge is 0.0922 e. The molecule has 3 aromatic rings. The van der Waals surface area contributed by atoms with Crippen LogP contribution in [0.5, 0.6) is 0 Å². The van der Waals surface area contributed by atoms with E-state index in [1.165, 1.54) is 21.9 Å². The quantitative estimate of drug-likeness (QED) is 0.529. The summed E-state index contributed by atoms with van der Waals surface area (Å²) in [7, 11) is 0. The number of fused-ring (bicyclic) bond motifs is 2. The van der Waals surface area contributed by atoms with Crippen LogP contribution in [-0.4, -0.2) is 9.97 Å². The molecule has 0 radical (unpaired) electrons. The molecule has 0 spiro atoms. The van der Waals surface area contributed by atoms with Crippen LogP contribution < -0.4 is 0 Å². The Hall–Kier alpha value is -1.96. The average molecular weight is 208 g/mol. The number of aromatic nitrogens is 2. The van der Waals surface area contributed by atoms with Gasteiger partial charge in [0.25, 0.3) is 0 Å². The number of benzene rings is 2. The van der Waals surface area contributed by atoms with E-state index in [0.29, 0.717) is 0 Å². The third-order valence-corrected chi connectivity index (χ3v) is 3.09. The summed E-state index contributed by atoms with van der Waals surface area (Å²) in [4.78, 5) is 8.77.